The van der Waals surface area contributed by atoms with Gasteiger partial charge in [0, 0.05) is 28.7 Å². The van der Waals surface area contributed by atoms with Crippen molar-refractivity contribution in [2.45, 2.75) is 12.1 Å². The molecule has 0 atom stereocenters. The van der Waals surface area contributed by atoms with Crippen molar-refractivity contribution in [1.29, 1.82) is 0 Å². The van der Waals surface area contributed by atoms with E-state index in [-0.39, 0.29) is 10.9 Å². The molecule has 0 aliphatic rings. The van der Waals surface area contributed by atoms with Crippen LogP contribution in [0.15, 0.2) is 35.5 Å². The maximum absolute atomic E-state index is 11.6. The van der Waals surface area contributed by atoms with Crippen molar-refractivity contribution in [3.05, 3.63) is 41.0 Å². The summed E-state index contributed by atoms with van der Waals surface area (Å²) in [6.45, 7) is 1.79. The normalized spacial score (nSPS) is 11.8. The van der Waals surface area contributed by atoms with Gasteiger partial charge in [-0.2, -0.15) is 9.50 Å². The Morgan fingerprint density at radius 2 is 1.86 bits per heavy atom. The first kappa shape index (κ1) is 14.7. The molecule has 0 unspecified atom stereocenters. The predicted octanol–water partition coefficient (Wildman–Crippen LogP) is 2.23. The molecule has 2 aromatic heterocycles. The summed E-state index contributed by atoms with van der Waals surface area (Å²) in [5.41, 5.74) is 1.48. The van der Waals surface area contributed by atoms with E-state index < -0.39 is 9.84 Å². The average molecular weight is 338 g/mol. The van der Waals surface area contributed by atoms with Crippen LogP contribution in [0.4, 0.5) is 11.5 Å². The van der Waals surface area contributed by atoms with E-state index in [0.29, 0.717) is 16.5 Å². The second-order valence-corrected chi connectivity index (χ2v) is 7.14. The fraction of sp³-hybridized carbons (Fsp3) is 0.154. The summed E-state index contributed by atoms with van der Waals surface area (Å²) in [6.07, 6.45) is 1.06. The van der Waals surface area contributed by atoms with E-state index in [2.05, 4.69) is 20.4 Å². The molecule has 0 radical (unpaired) electrons. The first-order valence-corrected chi connectivity index (χ1v) is 8.57. The summed E-state index contributed by atoms with van der Waals surface area (Å²) >= 11 is 5.86. The quantitative estimate of drug-likeness (QED) is 0.788. The predicted molar refractivity (Wildman–Crippen MR) is 83.4 cm³/mol. The van der Waals surface area contributed by atoms with Crippen LogP contribution in [0.2, 0.25) is 5.02 Å². The minimum absolute atomic E-state index is 0.219. The number of nitrogens with one attached hydrogen (secondary N) is 1. The van der Waals surface area contributed by atoms with Crippen LogP contribution < -0.4 is 5.32 Å². The lowest BCUT2D eigenvalue weighted by Crippen LogP contribution is -2.03. The lowest BCUT2D eigenvalue weighted by atomic mass is 10.3. The highest BCUT2D eigenvalue weighted by molar-refractivity contribution is 7.90. The number of nitrogens with zero attached hydrogens (tertiary/aromatic N) is 4. The molecule has 7 nitrogen and oxygen atoms in total. The Labute approximate surface area is 131 Å². The number of halogens is 1. The van der Waals surface area contributed by atoms with Crippen molar-refractivity contribution in [3.8, 4) is 0 Å². The first-order chi connectivity index (χ1) is 10.3. The Bertz CT molecular complexity index is 950. The smallest absolute Gasteiger partial charge is 0.268 e. The Kier molecular flexibility index (Phi) is 3.50. The zero-order chi connectivity index (χ0) is 15.9. The van der Waals surface area contributed by atoms with Gasteiger partial charge in [-0.3, -0.25) is 0 Å². The number of hydrogen-bond donors (Lipinski definition) is 1. The van der Waals surface area contributed by atoms with E-state index in [0.717, 1.165) is 11.9 Å². The summed E-state index contributed by atoms with van der Waals surface area (Å²) in [6, 6.07) is 8.86. The van der Waals surface area contributed by atoms with Gasteiger partial charge < -0.3 is 5.32 Å². The van der Waals surface area contributed by atoms with Crippen molar-refractivity contribution >= 4 is 38.7 Å². The zero-order valence-corrected chi connectivity index (χ0v) is 13.4. The van der Waals surface area contributed by atoms with Crippen LogP contribution in [0.5, 0.6) is 0 Å². The topological polar surface area (TPSA) is 89.2 Å². The van der Waals surface area contributed by atoms with Crippen LogP contribution in [0.25, 0.3) is 5.78 Å². The number of benzene rings is 1. The number of anilines is 2. The van der Waals surface area contributed by atoms with Gasteiger partial charge in [-0.15, -0.1) is 5.10 Å². The van der Waals surface area contributed by atoms with E-state index in [1.807, 2.05) is 0 Å². The van der Waals surface area contributed by atoms with Crippen LogP contribution in [0, 0.1) is 6.92 Å². The van der Waals surface area contributed by atoms with Gasteiger partial charge in [0.1, 0.15) is 5.82 Å². The second-order valence-electron chi connectivity index (χ2n) is 4.79. The van der Waals surface area contributed by atoms with Gasteiger partial charge in [0.25, 0.3) is 10.9 Å². The molecule has 0 spiro atoms. The largest absolute Gasteiger partial charge is 0.340 e. The molecule has 0 fully saturated rings. The van der Waals surface area contributed by atoms with Gasteiger partial charge in [-0.1, -0.05) is 11.6 Å². The summed E-state index contributed by atoms with van der Waals surface area (Å²) in [5.74, 6) is 0.782. The molecule has 0 saturated carbocycles. The molecule has 1 aromatic carbocycles. The summed E-state index contributed by atoms with van der Waals surface area (Å²) in [5, 5.41) is 7.52. The van der Waals surface area contributed by atoms with Gasteiger partial charge in [0.05, 0.1) is 0 Å². The number of aryl methyl sites for hydroxylation is 1. The lowest BCUT2D eigenvalue weighted by Gasteiger charge is -2.08. The van der Waals surface area contributed by atoms with E-state index in [9.17, 15) is 8.42 Å². The van der Waals surface area contributed by atoms with Crippen molar-refractivity contribution in [2.24, 2.45) is 0 Å². The SMILES string of the molecule is Cc1cc(Nc2ccc(Cl)cc2)n2nc(S(C)(=O)=O)nc2n1. The average Bonchev–Trinajstić information content (AvgIpc) is 2.85. The number of rotatable bonds is 3. The standard InChI is InChI=1S/C13H12ClN5O2S/c1-8-7-11(16-10-5-3-9(14)4-6-10)19-12(15-8)17-13(18-19)22(2,20)21/h3-7,16H,1-2H3. The monoisotopic (exact) mass is 337 g/mol. The molecule has 9 heteroatoms. The van der Waals surface area contributed by atoms with Crippen LogP contribution in [-0.4, -0.2) is 34.3 Å². The van der Waals surface area contributed by atoms with E-state index >= 15 is 0 Å². The highest BCUT2D eigenvalue weighted by Gasteiger charge is 2.17. The molecule has 0 aliphatic heterocycles. The second kappa shape index (κ2) is 5.22. The molecule has 2 heterocycles. The van der Waals surface area contributed by atoms with Crippen molar-refractivity contribution in [1.82, 2.24) is 19.6 Å². The Balaban J connectivity index is 2.12. The maximum atomic E-state index is 11.6. The van der Waals surface area contributed by atoms with Crippen LogP contribution in [0.3, 0.4) is 0 Å². The molecule has 0 bridgehead atoms. The summed E-state index contributed by atoms with van der Waals surface area (Å²) in [4.78, 5) is 8.14. The van der Waals surface area contributed by atoms with E-state index in [4.69, 9.17) is 11.6 Å². The highest BCUT2D eigenvalue weighted by Crippen LogP contribution is 2.20. The van der Waals surface area contributed by atoms with Gasteiger partial charge >= 0.3 is 0 Å². The molecule has 0 saturated heterocycles. The third kappa shape index (κ3) is 2.88. The number of hydrogen-bond acceptors (Lipinski definition) is 6. The minimum atomic E-state index is -3.50. The zero-order valence-electron chi connectivity index (χ0n) is 11.8. The van der Waals surface area contributed by atoms with Gasteiger partial charge in [0.2, 0.25) is 9.84 Å². The third-order valence-electron chi connectivity index (χ3n) is 2.87. The molecule has 3 aromatic rings. The molecule has 0 aliphatic carbocycles. The fourth-order valence-corrected chi connectivity index (χ4v) is 2.50. The summed E-state index contributed by atoms with van der Waals surface area (Å²) in [7, 11) is -3.50. The van der Waals surface area contributed by atoms with Gasteiger partial charge in [-0.05, 0) is 31.2 Å². The molecule has 3 rings (SSSR count). The van der Waals surface area contributed by atoms with Crippen LogP contribution >= 0.6 is 11.6 Å². The molecule has 0 amide bonds. The molecule has 22 heavy (non-hydrogen) atoms. The molecule has 114 valence electrons. The third-order valence-corrected chi connectivity index (χ3v) is 3.96. The van der Waals surface area contributed by atoms with Crippen molar-refractivity contribution in [3.63, 3.8) is 0 Å². The minimum Gasteiger partial charge on any atom is -0.340 e. The van der Waals surface area contributed by atoms with Crippen LogP contribution in [-0.2, 0) is 9.84 Å². The van der Waals surface area contributed by atoms with Crippen molar-refractivity contribution < 1.29 is 8.42 Å². The van der Waals surface area contributed by atoms with E-state index in [1.165, 1.54) is 4.52 Å². The highest BCUT2D eigenvalue weighted by atomic mass is 35.5. The number of aromatic nitrogens is 4. The summed E-state index contributed by atoms with van der Waals surface area (Å²) < 4.78 is 24.5. The van der Waals surface area contributed by atoms with E-state index in [1.54, 1.807) is 37.3 Å². The fourth-order valence-electron chi connectivity index (χ4n) is 1.90. The van der Waals surface area contributed by atoms with Gasteiger partial charge in [-0.25, -0.2) is 13.4 Å². The number of sulfone groups is 1. The molecular formula is C13H12ClN5O2S. The van der Waals surface area contributed by atoms with Crippen molar-refractivity contribution in [2.75, 3.05) is 11.6 Å². The molecule has 1 N–H and O–H groups in total. The Morgan fingerprint density at radius 3 is 2.50 bits per heavy atom. The molecular weight excluding hydrogens is 326 g/mol. The van der Waals surface area contributed by atoms with Gasteiger partial charge in [0.15, 0.2) is 0 Å². The first-order valence-electron chi connectivity index (χ1n) is 6.30. The maximum Gasteiger partial charge on any atom is 0.268 e. The Hall–Kier alpha value is -2.19. The Morgan fingerprint density at radius 1 is 1.18 bits per heavy atom. The van der Waals surface area contributed by atoms with Crippen LogP contribution in [0.1, 0.15) is 5.69 Å². The number of fused-ring (bicyclic) bond motifs is 1. The lowest BCUT2D eigenvalue weighted by molar-refractivity contribution is 0.593.